The zero-order valence-electron chi connectivity index (χ0n) is 15.1. The van der Waals surface area contributed by atoms with Crippen LogP contribution < -0.4 is 0 Å². The molecule has 0 radical (unpaired) electrons. The molecule has 0 saturated carbocycles. The molecule has 24 heavy (non-hydrogen) atoms. The highest BCUT2D eigenvalue weighted by Gasteiger charge is 2.36. The van der Waals surface area contributed by atoms with Crippen LogP contribution in [0.4, 0.5) is 0 Å². The fraction of sp³-hybridized carbons (Fsp3) is 0.350. The average Bonchev–Trinajstić information content (AvgIpc) is 2.53. The van der Waals surface area contributed by atoms with Gasteiger partial charge >= 0.3 is 0 Å². The molecular weight excluding hydrogens is 314 g/mol. The Morgan fingerprint density at radius 3 is 2.17 bits per heavy atom. The van der Waals surface area contributed by atoms with Crippen LogP contribution in [-0.4, -0.2) is 13.4 Å². The number of hydrogen-bond acceptors (Lipinski definition) is 3. The van der Waals surface area contributed by atoms with Gasteiger partial charge in [-0.2, -0.15) is 5.26 Å². The van der Waals surface area contributed by atoms with Crippen molar-refractivity contribution in [2.45, 2.75) is 45.5 Å². The third kappa shape index (κ3) is 4.05. The molecule has 126 valence electrons. The van der Waals surface area contributed by atoms with Gasteiger partial charge in [-0.1, -0.05) is 51.1 Å². The molecular formula is C20H25NO2Si. The number of nitriles is 1. The van der Waals surface area contributed by atoms with Gasteiger partial charge in [-0.05, 0) is 47.0 Å². The highest BCUT2D eigenvalue weighted by molar-refractivity contribution is 6.74. The molecule has 0 heterocycles. The van der Waals surface area contributed by atoms with Crippen molar-refractivity contribution in [1.29, 1.82) is 5.26 Å². The molecule has 0 aliphatic rings. The summed E-state index contributed by atoms with van der Waals surface area (Å²) in [5.41, 5.74) is 3.37. The van der Waals surface area contributed by atoms with Gasteiger partial charge in [0.25, 0.3) is 0 Å². The second-order valence-corrected chi connectivity index (χ2v) is 12.4. The minimum atomic E-state index is -1.75. The lowest BCUT2D eigenvalue weighted by Gasteiger charge is -2.36. The van der Waals surface area contributed by atoms with Gasteiger partial charge in [-0.25, -0.2) is 0 Å². The Bertz CT molecular complexity index is 753. The first-order valence-electron chi connectivity index (χ1n) is 8.10. The minimum absolute atomic E-state index is 0.0145. The predicted octanol–water partition coefficient (Wildman–Crippen LogP) is 5.45. The van der Waals surface area contributed by atoms with Gasteiger partial charge in [-0.15, -0.1) is 0 Å². The van der Waals surface area contributed by atoms with Gasteiger partial charge in [0.2, 0.25) is 0 Å². The fourth-order valence-electron chi connectivity index (χ4n) is 2.08. The van der Waals surface area contributed by atoms with E-state index in [9.17, 15) is 5.11 Å². The molecule has 0 saturated heterocycles. The van der Waals surface area contributed by atoms with Crippen molar-refractivity contribution < 1.29 is 9.53 Å². The molecule has 1 N–H and O–H groups in total. The molecule has 2 aromatic rings. The van der Waals surface area contributed by atoms with Crippen LogP contribution in [0.15, 0.2) is 42.5 Å². The largest absolute Gasteiger partial charge is 0.507 e. The van der Waals surface area contributed by atoms with E-state index in [1.165, 1.54) is 0 Å². The molecule has 0 fully saturated rings. The summed E-state index contributed by atoms with van der Waals surface area (Å²) in [5, 5.41) is 18.8. The molecule has 0 aliphatic carbocycles. The number of benzene rings is 2. The maximum atomic E-state index is 9.60. The summed E-state index contributed by atoms with van der Waals surface area (Å²) in [6, 6.07) is 15.2. The summed E-state index contributed by atoms with van der Waals surface area (Å²) in [6.45, 7) is 11.8. The summed E-state index contributed by atoms with van der Waals surface area (Å²) >= 11 is 0. The molecule has 0 amide bonds. The van der Waals surface area contributed by atoms with Gasteiger partial charge in [0.05, 0.1) is 12.2 Å². The second kappa shape index (κ2) is 6.80. The number of hydrogen-bond donors (Lipinski definition) is 1. The molecule has 0 atom stereocenters. The zero-order chi connectivity index (χ0) is 18.0. The van der Waals surface area contributed by atoms with E-state index in [-0.39, 0.29) is 16.4 Å². The summed E-state index contributed by atoms with van der Waals surface area (Å²) in [4.78, 5) is 0. The van der Waals surface area contributed by atoms with Gasteiger partial charge in [0.15, 0.2) is 8.32 Å². The van der Waals surface area contributed by atoms with E-state index in [0.29, 0.717) is 6.61 Å². The highest BCUT2D eigenvalue weighted by Crippen LogP contribution is 2.37. The molecule has 2 aromatic carbocycles. The first-order chi connectivity index (χ1) is 11.1. The lowest BCUT2D eigenvalue weighted by atomic mass is 10.0. The molecule has 0 aliphatic heterocycles. The summed E-state index contributed by atoms with van der Waals surface area (Å²) in [5.74, 6) is 0.0145. The summed E-state index contributed by atoms with van der Waals surface area (Å²) in [7, 11) is -1.75. The molecule has 4 heteroatoms. The van der Waals surface area contributed by atoms with Crippen molar-refractivity contribution in [1.82, 2.24) is 0 Å². The monoisotopic (exact) mass is 339 g/mol. The first-order valence-corrected chi connectivity index (χ1v) is 11.0. The van der Waals surface area contributed by atoms with Crippen molar-refractivity contribution in [3.63, 3.8) is 0 Å². The van der Waals surface area contributed by atoms with Crippen molar-refractivity contribution in [3.05, 3.63) is 53.6 Å². The summed E-state index contributed by atoms with van der Waals surface area (Å²) < 4.78 is 6.24. The number of rotatable bonds is 4. The van der Waals surface area contributed by atoms with Crippen LogP contribution >= 0.6 is 0 Å². The van der Waals surface area contributed by atoms with E-state index in [2.05, 4.69) is 46.0 Å². The van der Waals surface area contributed by atoms with E-state index in [1.807, 2.05) is 24.3 Å². The Balaban J connectivity index is 2.13. The van der Waals surface area contributed by atoms with Gasteiger partial charge in [0.1, 0.15) is 11.8 Å². The van der Waals surface area contributed by atoms with Gasteiger partial charge in [-0.3, -0.25) is 0 Å². The Labute approximate surface area is 145 Å². The van der Waals surface area contributed by atoms with Crippen molar-refractivity contribution in [3.8, 4) is 22.9 Å². The molecule has 2 rings (SSSR count). The Kier molecular flexibility index (Phi) is 5.17. The average molecular weight is 340 g/mol. The van der Waals surface area contributed by atoms with Crippen molar-refractivity contribution >= 4 is 8.32 Å². The predicted molar refractivity (Wildman–Crippen MR) is 100 cm³/mol. The van der Waals surface area contributed by atoms with Crippen LogP contribution in [0.2, 0.25) is 18.1 Å². The van der Waals surface area contributed by atoms with E-state index >= 15 is 0 Å². The zero-order valence-corrected chi connectivity index (χ0v) is 16.1. The topological polar surface area (TPSA) is 53.2 Å². The van der Waals surface area contributed by atoms with Crippen LogP contribution in [0, 0.1) is 11.3 Å². The molecule has 0 bridgehead atoms. The lowest BCUT2D eigenvalue weighted by Crippen LogP contribution is -2.40. The minimum Gasteiger partial charge on any atom is -0.507 e. The Morgan fingerprint density at radius 1 is 1.04 bits per heavy atom. The number of phenols is 1. The van der Waals surface area contributed by atoms with E-state index in [4.69, 9.17) is 9.69 Å². The number of aromatic hydroxyl groups is 1. The van der Waals surface area contributed by atoms with Crippen LogP contribution in [-0.2, 0) is 11.0 Å². The lowest BCUT2D eigenvalue weighted by molar-refractivity contribution is 0.276. The van der Waals surface area contributed by atoms with Crippen LogP contribution in [0.3, 0.4) is 0 Å². The van der Waals surface area contributed by atoms with Gasteiger partial charge < -0.3 is 9.53 Å². The summed E-state index contributed by atoms with van der Waals surface area (Å²) in [6.07, 6.45) is 0. The molecule has 0 aromatic heterocycles. The Hall–Kier alpha value is -2.09. The first kappa shape index (κ1) is 18.2. The molecule has 3 nitrogen and oxygen atoms in total. The quantitative estimate of drug-likeness (QED) is 0.753. The standard InChI is InChI=1S/C20H25NO2Si/c1-20(2,3)24(4,5)23-14-15-6-8-16(9-7-15)17-10-11-19(22)18(12-17)13-21/h6-12,22H,14H2,1-5H3. The maximum absolute atomic E-state index is 9.60. The van der Waals surface area contributed by atoms with E-state index in [0.717, 1.165) is 16.7 Å². The van der Waals surface area contributed by atoms with Gasteiger partial charge in [0, 0.05) is 0 Å². The van der Waals surface area contributed by atoms with Crippen LogP contribution in [0.1, 0.15) is 31.9 Å². The second-order valence-electron chi connectivity index (χ2n) is 7.59. The SMILES string of the molecule is CC(C)(C)[Si](C)(C)OCc1ccc(-c2ccc(O)c(C#N)c2)cc1. The van der Waals surface area contributed by atoms with E-state index in [1.54, 1.807) is 12.1 Å². The third-order valence-electron chi connectivity index (χ3n) is 4.81. The highest BCUT2D eigenvalue weighted by atomic mass is 28.4. The number of phenolic OH excluding ortho intramolecular Hbond substituents is 1. The molecule has 0 unspecified atom stereocenters. The smallest absolute Gasteiger partial charge is 0.192 e. The number of nitrogens with zero attached hydrogens (tertiary/aromatic N) is 1. The van der Waals surface area contributed by atoms with E-state index < -0.39 is 8.32 Å². The maximum Gasteiger partial charge on any atom is 0.192 e. The van der Waals surface area contributed by atoms with Crippen molar-refractivity contribution in [2.24, 2.45) is 0 Å². The Morgan fingerprint density at radius 2 is 1.62 bits per heavy atom. The molecule has 0 spiro atoms. The third-order valence-corrected chi connectivity index (χ3v) is 9.29. The fourth-order valence-corrected chi connectivity index (χ4v) is 3.04. The van der Waals surface area contributed by atoms with Crippen LogP contribution in [0.25, 0.3) is 11.1 Å². The van der Waals surface area contributed by atoms with Crippen molar-refractivity contribution in [2.75, 3.05) is 0 Å². The normalized spacial score (nSPS) is 12.0. The van der Waals surface area contributed by atoms with Crippen LogP contribution in [0.5, 0.6) is 5.75 Å².